The van der Waals surface area contributed by atoms with Gasteiger partial charge in [-0.3, -0.25) is 9.59 Å². The highest BCUT2D eigenvalue weighted by atomic mass is 32.1. The Kier molecular flexibility index (Phi) is 7.27. The Labute approximate surface area is 163 Å². The van der Waals surface area contributed by atoms with E-state index in [0.29, 0.717) is 22.0 Å². The van der Waals surface area contributed by atoms with Gasteiger partial charge in [0.15, 0.2) is 12.3 Å². The average Bonchev–Trinajstić information content (AvgIpc) is 2.92. The van der Waals surface area contributed by atoms with Gasteiger partial charge in [-0.25, -0.2) is 4.79 Å². The van der Waals surface area contributed by atoms with Crippen LogP contribution in [0.4, 0.5) is 5.00 Å². The van der Waals surface area contributed by atoms with Crippen LogP contribution in [0.3, 0.4) is 0 Å². The summed E-state index contributed by atoms with van der Waals surface area (Å²) in [6.07, 6.45) is 0. The van der Waals surface area contributed by atoms with Crippen molar-refractivity contribution in [1.82, 2.24) is 0 Å². The van der Waals surface area contributed by atoms with Crippen molar-refractivity contribution in [3.63, 3.8) is 0 Å². The number of benzene rings is 1. The van der Waals surface area contributed by atoms with Gasteiger partial charge in [0.25, 0.3) is 5.91 Å². The number of carbonyl (C=O) groups excluding carboxylic acids is 3. The second-order valence-corrected chi connectivity index (χ2v) is 7.40. The van der Waals surface area contributed by atoms with Gasteiger partial charge < -0.3 is 15.0 Å². The smallest absolute Gasteiger partial charge is 0.341 e. The number of ether oxygens (including phenoxy) is 1. The molecule has 0 fully saturated rings. The minimum absolute atomic E-state index is 0.143. The monoisotopic (exact) mass is 389 g/mol. The molecule has 1 amide bonds. The molecule has 144 valence electrons. The first-order valence-corrected chi connectivity index (χ1v) is 9.61. The topological polar surface area (TPSA) is 76.9 Å². The molecule has 0 spiro atoms. The highest BCUT2D eigenvalue weighted by molar-refractivity contribution is 7.18. The van der Waals surface area contributed by atoms with E-state index in [1.165, 1.54) is 6.92 Å². The average molecular weight is 389 g/mol. The standard InChI is InChI=1S/C20H24N2O4S/c1-5-26-20(25)17-13(2)18(14(3)23)27-19(17)21-16(24)12-22(4)11-15-9-7-6-8-10-15/h6-10H,5,11-12H2,1-4H3,(H,21,24)/p+1. The van der Waals surface area contributed by atoms with Crippen molar-refractivity contribution in [2.24, 2.45) is 0 Å². The lowest BCUT2D eigenvalue weighted by atomic mass is 10.1. The maximum Gasteiger partial charge on any atom is 0.341 e. The minimum Gasteiger partial charge on any atom is -0.462 e. The molecule has 1 unspecified atom stereocenters. The van der Waals surface area contributed by atoms with Gasteiger partial charge in [0, 0.05) is 5.56 Å². The van der Waals surface area contributed by atoms with Crippen molar-refractivity contribution in [3.05, 3.63) is 51.9 Å². The Balaban J connectivity index is 2.13. The summed E-state index contributed by atoms with van der Waals surface area (Å²) in [6, 6.07) is 9.91. The van der Waals surface area contributed by atoms with Crippen LogP contribution in [0.15, 0.2) is 30.3 Å². The quantitative estimate of drug-likeness (QED) is 0.535. The van der Waals surface area contributed by atoms with Crippen LogP contribution in [0.5, 0.6) is 0 Å². The maximum atomic E-state index is 12.5. The number of thiophene rings is 1. The van der Waals surface area contributed by atoms with Crippen LogP contribution in [-0.2, 0) is 16.1 Å². The fraction of sp³-hybridized carbons (Fsp3) is 0.350. The van der Waals surface area contributed by atoms with Gasteiger partial charge in [-0.05, 0) is 26.3 Å². The predicted molar refractivity (Wildman–Crippen MR) is 106 cm³/mol. The first-order valence-electron chi connectivity index (χ1n) is 8.80. The molecule has 6 nitrogen and oxygen atoms in total. The molecular formula is C20H25N2O4S+. The summed E-state index contributed by atoms with van der Waals surface area (Å²) in [6.45, 7) is 6.02. The van der Waals surface area contributed by atoms with E-state index >= 15 is 0 Å². The molecule has 0 saturated carbocycles. The number of quaternary nitrogens is 1. The van der Waals surface area contributed by atoms with Gasteiger partial charge >= 0.3 is 5.97 Å². The van der Waals surface area contributed by atoms with Crippen LogP contribution in [-0.4, -0.2) is 37.9 Å². The Bertz CT molecular complexity index is 830. The molecule has 27 heavy (non-hydrogen) atoms. The second-order valence-electron chi connectivity index (χ2n) is 6.38. The molecule has 2 aromatic rings. The number of amides is 1. The van der Waals surface area contributed by atoms with Crippen molar-refractivity contribution in [2.75, 3.05) is 25.5 Å². The number of rotatable bonds is 8. The van der Waals surface area contributed by atoms with Gasteiger partial charge in [0.2, 0.25) is 0 Å². The molecule has 0 bridgehead atoms. The number of ketones is 1. The van der Waals surface area contributed by atoms with E-state index in [0.717, 1.165) is 21.8 Å². The van der Waals surface area contributed by atoms with Gasteiger partial charge in [0.05, 0.1) is 24.1 Å². The van der Waals surface area contributed by atoms with Crippen molar-refractivity contribution in [1.29, 1.82) is 0 Å². The fourth-order valence-corrected chi connectivity index (χ4v) is 3.94. The Morgan fingerprint density at radius 1 is 1.19 bits per heavy atom. The molecule has 2 N–H and O–H groups in total. The third kappa shape index (κ3) is 5.48. The lowest BCUT2D eigenvalue weighted by Gasteiger charge is -2.14. The summed E-state index contributed by atoms with van der Waals surface area (Å²) in [7, 11) is 1.93. The van der Waals surface area contributed by atoms with Crippen molar-refractivity contribution >= 4 is 34.0 Å². The summed E-state index contributed by atoms with van der Waals surface area (Å²) < 4.78 is 5.08. The van der Waals surface area contributed by atoms with Crippen LogP contribution in [0.2, 0.25) is 0 Å². The van der Waals surface area contributed by atoms with E-state index in [4.69, 9.17) is 4.74 Å². The summed E-state index contributed by atoms with van der Waals surface area (Å²) >= 11 is 1.12. The largest absolute Gasteiger partial charge is 0.462 e. The summed E-state index contributed by atoms with van der Waals surface area (Å²) in [4.78, 5) is 38.0. The van der Waals surface area contributed by atoms with Gasteiger partial charge in [0.1, 0.15) is 11.5 Å². The fourth-order valence-electron chi connectivity index (χ4n) is 2.84. The molecule has 0 aliphatic carbocycles. The van der Waals surface area contributed by atoms with E-state index in [9.17, 15) is 14.4 Å². The summed E-state index contributed by atoms with van der Waals surface area (Å²) in [5.41, 5.74) is 1.95. The summed E-state index contributed by atoms with van der Waals surface area (Å²) in [5, 5.41) is 3.16. The number of nitrogens with one attached hydrogen (secondary N) is 2. The van der Waals surface area contributed by atoms with E-state index in [1.54, 1.807) is 13.8 Å². The Morgan fingerprint density at radius 2 is 1.85 bits per heavy atom. The molecule has 1 atom stereocenters. The SMILES string of the molecule is CCOC(=O)c1c(NC(=O)C[NH+](C)Cc2ccccc2)sc(C(C)=O)c1C. The zero-order valence-electron chi connectivity index (χ0n) is 16.0. The highest BCUT2D eigenvalue weighted by Gasteiger charge is 2.25. The molecule has 0 aliphatic rings. The first-order chi connectivity index (χ1) is 12.8. The number of Topliss-reactive ketones (excluding diaryl/α,β-unsaturated/α-hetero) is 1. The first kappa shape index (κ1) is 20.8. The van der Waals surface area contributed by atoms with Crippen molar-refractivity contribution in [2.45, 2.75) is 27.3 Å². The normalized spacial score (nSPS) is 11.7. The molecule has 7 heteroatoms. The van der Waals surface area contributed by atoms with E-state index in [1.807, 2.05) is 37.4 Å². The number of hydrogen-bond donors (Lipinski definition) is 2. The zero-order chi connectivity index (χ0) is 20.0. The molecule has 1 aromatic heterocycles. The zero-order valence-corrected chi connectivity index (χ0v) is 16.9. The third-order valence-corrected chi connectivity index (χ3v) is 5.32. The second kappa shape index (κ2) is 9.43. The Hall–Kier alpha value is -2.51. The van der Waals surface area contributed by atoms with Crippen LogP contribution in [0.1, 0.15) is 45.0 Å². The Morgan fingerprint density at radius 3 is 2.44 bits per heavy atom. The minimum atomic E-state index is -0.529. The predicted octanol–water partition coefficient (Wildman–Crippen LogP) is 2.09. The van der Waals surface area contributed by atoms with Gasteiger partial charge in [-0.2, -0.15) is 0 Å². The lowest BCUT2D eigenvalue weighted by molar-refractivity contribution is -0.885. The molecular weight excluding hydrogens is 364 g/mol. The molecule has 2 rings (SSSR count). The summed E-state index contributed by atoms with van der Waals surface area (Å²) in [5.74, 6) is -0.889. The molecule has 1 aromatic carbocycles. The number of likely N-dealkylation sites (N-methyl/N-ethyl adjacent to an activating group) is 1. The van der Waals surface area contributed by atoms with Crippen molar-refractivity contribution < 1.29 is 24.0 Å². The van der Waals surface area contributed by atoms with E-state index in [2.05, 4.69) is 5.32 Å². The van der Waals surface area contributed by atoms with E-state index < -0.39 is 5.97 Å². The highest BCUT2D eigenvalue weighted by Crippen LogP contribution is 2.34. The number of esters is 1. The van der Waals surface area contributed by atoms with Crippen LogP contribution >= 0.6 is 11.3 Å². The van der Waals surface area contributed by atoms with Gasteiger partial charge in [-0.15, -0.1) is 11.3 Å². The molecule has 0 saturated heterocycles. The third-order valence-electron chi connectivity index (χ3n) is 4.01. The van der Waals surface area contributed by atoms with Crippen LogP contribution in [0, 0.1) is 6.92 Å². The molecule has 0 radical (unpaired) electrons. The van der Waals surface area contributed by atoms with E-state index in [-0.39, 0.29) is 30.4 Å². The number of hydrogen-bond acceptors (Lipinski definition) is 5. The van der Waals surface area contributed by atoms with Gasteiger partial charge in [-0.1, -0.05) is 30.3 Å². The molecule has 0 aliphatic heterocycles. The maximum absolute atomic E-state index is 12.5. The van der Waals surface area contributed by atoms with Crippen LogP contribution < -0.4 is 10.2 Å². The number of anilines is 1. The number of carbonyl (C=O) groups is 3. The van der Waals surface area contributed by atoms with Crippen molar-refractivity contribution in [3.8, 4) is 0 Å². The lowest BCUT2D eigenvalue weighted by Crippen LogP contribution is -3.08. The molecule has 1 heterocycles. The van der Waals surface area contributed by atoms with Crippen LogP contribution in [0.25, 0.3) is 0 Å².